The summed E-state index contributed by atoms with van der Waals surface area (Å²) in [5.41, 5.74) is 2.50. The van der Waals surface area contributed by atoms with Gasteiger partial charge in [-0.1, -0.05) is 36.0 Å². The zero-order valence-electron chi connectivity index (χ0n) is 17.9. The van der Waals surface area contributed by atoms with Crippen molar-refractivity contribution >= 4 is 40.2 Å². The molecular formula is C25H19N3O5S. The van der Waals surface area contributed by atoms with E-state index in [9.17, 15) is 9.59 Å². The summed E-state index contributed by atoms with van der Waals surface area (Å²) in [7, 11) is 0. The maximum Gasteiger partial charge on any atom is 0.341 e. The molecule has 1 N–H and O–H groups in total. The number of amides is 1. The Bertz CT molecular complexity index is 1370. The topological polar surface area (TPSA) is 99.6 Å². The lowest BCUT2D eigenvalue weighted by Crippen LogP contribution is -2.15. The summed E-state index contributed by atoms with van der Waals surface area (Å²) in [5, 5.41) is 4.20. The monoisotopic (exact) mass is 473 g/mol. The average molecular weight is 474 g/mol. The van der Waals surface area contributed by atoms with Gasteiger partial charge in [-0.15, -0.1) is 0 Å². The Labute approximate surface area is 199 Å². The molecular weight excluding hydrogens is 454 g/mol. The maximum absolute atomic E-state index is 12.8. The van der Waals surface area contributed by atoms with Gasteiger partial charge >= 0.3 is 5.97 Å². The van der Waals surface area contributed by atoms with Crippen LogP contribution >= 0.6 is 11.8 Å². The number of aromatic nitrogens is 2. The molecule has 0 atom stereocenters. The predicted molar refractivity (Wildman–Crippen MR) is 127 cm³/mol. The van der Waals surface area contributed by atoms with E-state index >= 15 is 0 Å². The minimum Gasteiger partial charge on any atom is -0.457 e. The molecule has 9 heteroatoms. The van der Waals surface area contributed by atoms with Crippen LogP contribution in [0, 0.1) is 0 Å². The second kappa shape index (κ2) is 9.80. The summed E-state index contributed by atoms with van der Waals surface area (Å²) in [6, 6.07) is 18.0. The van der Waals surface area contributed by atoms with Crippen molar-refractivity contribution in [3.05, 3.63) is 84.2 Å². The van der Waals surface area contributed by atoms with E-state index in [4.69, 9.17) is 14.2 Å². The van der Waals surface area contributed by atoms with Crippen molar-refractivity contribution in [3.8, 4) is 11.5 Å². The van der Waals surface area contributed by atoms with Gasteiger partial charge in [-0.05, 0) is 30.3 Å². The molecule has 5 rings (SSSR count). The van der Waals surface area contributed by atoms with Gasteiger partial charge in [0.05, 0.1) is 16.8 Å². The van der Waals surface area contributed by atoms with Crippen molar-refractivity contribution in [1.82, 2.24) is 9.97 Å². The van der Waals surface area contributed by atoms with Gasteiger partial charge in [-0.3, -0.25) is 9.78 Å². The third kappa shape index (κ3) is 4.79. The molecule has 0 saturated heterocycles. The molecule has 4 aromatic rings. The SMILES string of the molecule is O=C(CSc1ncccc1C(=O)OCc1cccc2cccnc12)Nc1ccc2c(c1)OCO2. The molecule has 2 aromatic heterocycles. The van der Waals surface area contributed by atoms with Crippen molar-refractivity contribution in [1.29, 1.82) is 0 Å². The van der Waals surface area contributed by atoms with Crippen LogP contribution in [0.15, 0.2) is 78.1 Å². The molecule has 0 bridgehead atoms. The van der Waals surface area contributed by atoms with Gasteiger partial charge < -0.3 is 19.5 Å². The predicted octanol–water partition coefficient (Wildman–Crippen LogP) is 4.45. The lowest BCUT2D eigenvalue weighted by atomic mass is 10.1. The number of carbonyl (C=O) groups excluding carboxylic acids is 2. The van der Waals surface area contributed by atoms with E-state index in [1.54, 1.807) is 42.7 Å². The highest BCUT2D eigenvalue weighted by Crippen LogP contribution is 2.34. The zero-order valence-corrected chi connectivity index (χ0v) is 18.7. The van der Waals surface area contributed by atoms with Gasteiger partial charge in [0, 0.05) is 35.1 Å². The fourth-order valence-electron chi connectivity index (χ4n) is 3.47. The van der Waals surface area contributed by atoms with Gasteiger partial charge in [-0.2, -0.15) is 0 Å². The van der Waals surface area contributed by atoms with Crippen LogP contribution in [0.25, 0.3) is 10.9 Å². The molecule has 2 aromatic carbocycles. The Balaban J connectivity index is 1.21. The Morgan fingerprint density at radius 1 is 0.971 bits per heavy atom. The number of pyridine rings is 2. The lowest BCUT2D eigenvalue weighted by molar-refractivity contribution is -0.113. The molecule has 1 aliphatic rings. The Hall–Kier alpha value is -4.11. The van der Waals surface area contributed by atoms with Crippen LogP contribution in [0.2, 0.25) is 0 Å². The molecule has 0 unspecified atom stereocenters. The van der Waals surface area contributed by atoms with Crippen LogP contribution in [0.3, 0.4) is 0 Å². The summed E-state index contributed by atoms with van der Waals surface area (Å²) in [6.07, 6.45) is 3.28. The van der Waals surface area contributed by atoms with E-state index in [0.29, 0.717) is 27.8 Å². The molecule has 1 amide bonds. The third-order valence-corrected chi connectivity index (χ3v) is 6.07. The largest absolute Gasteiger partial charge is 0.457 e. The number of benzene rings is 2. The van der Waals surface area contributed by atoms with Gasteiger partial charge in [0.1, 0.15) is 11.6 Å². The molecule has 8 nitrogen and oxygen atoms in total. The molecule has 0 aliphatic carbocycles. The van der Waals surface area contributed by atoms with E-state index in [1.807, 2.05) is 30.3 Å². The number of para-hydroxylation sites is 1. The van der Waals surface area contributed by atoms with E-state index in [0.717, 1.165) is 28.2 Å². The highest BCUT2D eigenvalue weighted by molar-refractivity contribution is 8.00. The average Bonchev–Trinajstić information content (AvgIpc) is 3.34. The number of fused-ring (bicyclic) bond motifs is 2. The second-order valence-corrected chi connectivity index (χ2v) is 8.29. The van der Waals surface area contributed by atoms with Crippen LogP contribution in [0.1, 0.15) is 15.9 Å². The van der Waals surface area contributed by atoms with E-state index in [-0.39, 0.29) is 25.1 Å². The zero-order chi connectivity index (χ0) is 23.3. The molecule has 170 valence electrons. The van der Waals surface area contributed by atoms with E-state index in [2.05, 4.69) is 15.3 Å². The second-order valence-electron chi connectivity index (χ2n) is 7.33. The Morgan fingerprint density at radius 2 is 1.79 bits per heavy atom. The van der Waals surface area contributed by atoms with Crippen LogP contribution in [-0.2, 0) is 16.1 Å². The third-order valence-electron chi connectivity index (χ3n) is 5.06. The molecule has 0 radical (unpaired) electrons. The van der Waals surface area contributed by atoms with Crippen molar-refractivity contribution in [2.75, 3.05) is 17.9 Å². The normalized spacial score (nSPS) is 11.9. The first-order chi connectivity index (χ1) is 16.7. The molecule has 34 heavy (non-hydrogen) atoms. The number of anilines is 1. The summed E-state index contributed by atoms with van der Waals surface area (Å²) >= 11 is 1.16. The minimum absolute atomic E-state index is 0.0684. The van der Waals surface area contributed by atoms with Crippen LogP contribution in [0.4, 0.5) is 5.69 Å². The first kappa shape index (κ1) is 21.7. The summed E-state index contributed by atoms with van der Waals surface area (Å²) in [5.74, 6) is 0.541. The highest BCUT2D eigenvalue weighted by Gasteiger charge is 2.17. The number of rotatable bonds is 7. The number of hydrogen-bond acceptors (Lipinski definition) is 8. The van der Waals surface area contributed by atoms with Crippen molar-refractivity contribution in [2.45, 2.75) is 11.6 Å². The van der Waals surface area contributed by atoms with Crippen molar-refractivity contribution in [3.63, 3.8) is 0 Å². The molecule has 0 fully saturated rings. The number of carbonyl (C=O) groups is 2. The number of esters is 1. The van der Waals surface area contributed by atoms with E-state index in [1.165, 1.54) is 0 Å². The minimum atomic E-state index is -0.514. The Kier molecular flexibility index (Phi) is 6.26. The fraction of sp³-hybridized carbons (Fsp3) is 0.120. The number of nitrogens with zero attached hydrogens (tertiary/aromatic N) is 2. The van der Waals surface area contributed by atoms with Crippen molar-refractivity contribution < 1.29 is 23.8 Å². The van der Waals surface area contributed by atoms with Crippen molar-refractivity contribution in [2.24, 2.45) is 0 Å². The van der Waals surface area contributed by atoms with Gasteiger partial charge in [0.15, 0.2) is 11.5 Å². The summed E-state index contributed by atoms with van der Waals surface area (Å²) < 4.78 is 16.1. The van der Waals surface area contributed by atoms with Gasteiger partial charge in [0.2, 0.25) is 12.7 Å². The number of ether oxygens (including phenoxy) is 3. The van der Waals surface area contributed by atoms with Gasteiger partial charge in [0.25, 0.3) is 0 Å². The number of hydrogen-bond donors (Lipinski definition) is 1. The first-order valence-electron chi connectivity index (χ1n) is 10.4. The number of thioether (sulfide) groups is 1. The molecule has 3 heterocycles. The summed E-state index contributed by atoms with van der Waals surface area (Å²) in [6.45, 7) is 0.245. The summed E-state index contributed by atoms with van der Waals surface area (Å²) in [4.78, 5) is 33.9. The quantitative estimate of drug-likeness (QED) is 0.311. The van der Waals surface area contributed by atoms with Crippen LogP contribution < -0.4 is 14.8 Å². The molecule has 1 aliphatic heterocycles. The first-order valence-corrected chi connectivity index (χ1v) is 11.4. The standard InChI is InChI=1S/C25H19N3O5S/c29-22(28-18-8-9-20-21(12-18)33-15-32-20)14-34-24-19(7-3-11-27-24)25(30)31-13-17-5-1-4-16-6-2-10-26-23(16)17/h1-12H,13-15H2,(H,28,29). The highest BCUT2D eigenvalue weighted by atomic mass is 32.2. The lowest BCUT2D eigenvalue weighted by Gasteiger charge is -2.10. The van der Waals surface area contributed by atoms with Crippen LogP contribution in [0.5, 0.6) is 11.5 Å². The smallest absolute Gasteiger partial charge is 0.341 e. The maximum atomic E-state index is 12.8. The van der Waals surface area contributed by atoms with E-state index < -0.39 is 5.97 Å². The van der Waals surface area contributed by atoms with Crippen LogP contribution in [-0.4, -0.2) is 34.4 Å². The van der Waals surface area contributed by atoms with Gasteiger partial charge in [-0.25, -0.2) is 9.78 Å². The number of nitrogens with one attached hydrogen (secondary N) is 1. The molecule has 0 saturated carbocycles. The molecule has 0 spiro atoms. The Morgan fingerprint density at radius 3 is 2.74 bits per heavy atom. The fourth-order valence-corrected chi connectivity index (χ4v) is 4.25.